The first kappa shape index (κ1) is 15.0. The lowest BCUT2D eigenvalue weighted by atomic mass is 10.2. The van der Waals surface area contributed by atoms with Crippen molar-refractivity contribution in [2.45, 2.75) is 6.18 Å². The summed E-state index contributed by atoms with van der Waals surface area (Å²) in [5.41, 5.74) is 0.0883. The van der Waals surface area contributed by atoms with Gasteiger partial charge < -0.3 is 15.4 Å². The Morgan fingerprint density at radius 2 is 1.87 bits per heavy atom. The second-order valence-electron chi connectivity index (χ2n) is 4.99. The van der Waals surface area contributed by atoms with Gasteiger partial charge >= 0.3 is 6.18 Å². The number of phenolic OH excluding ortho intramolecular Hbond substituents is 1. The minimum atomic E-state index is -4.45. The molecule has 1 heterocycles. The third-order valence-corrected chi connectivity index (χ3v) is 3.29. The van der Waals surface area contributed by atoms with Crippen LogP contribution >= 0.6 is 0 Å². The SMILES string of the molecule is O=C(Nc1ccc2[nH]c(C(F)(F)F)cc2c1)c1cccc(O)c1. The number of aromatic nitrogens is 1. The lowest BCUT2D eigenvalue weighted by Crippen LogP contribution is -2.11. The number of hydrogen-bond donors (Lipinski definition) is 3. The summed E-state index contributed by atoms with van der Waals surface area (Å²) >= 11 is 0. The van der Waals surface area contributed by atoms with Gasteiger partial charge in [0.1, 0.15) is 11.4 Å². The van der Waals surface area contributed by atoms with Crippen molar-refractivity contribution in [1.29, 1.82) is 0 Å². The van der Waals surface area contributed by atoms with Crippen molar-refractivity contribution in [1.82, 2.24) is 4.98 Å². The van der Waals surface area contributed by atoms with Crippen LogP contribution in [0.5, 0.6) is 5.75 Å². The molecule has 3 N–H and O–H groups in total. The van der Waals surface area contributed by atoms with E-state index < -0.39 is 17.8 Å². The van der Waals surface area contributed by atoms with Gasteiger partial charge in [0.2, 0.25) is 0 Å². The molecule has 0 radical (unpaired) electrons. The molecule has 0 unspecified atom stereocenters. The lowest BCUT2D eigenvalue weighted by Gasteiger charge is -2.05. The third-order valence-electron chi connectivity index (χ3n) is 3.29. The highest BCUT2D eigenvalue weighted by Crippen LogP contribution is 2.32. The van der Waals surface area contributed by atoms with Crippen LogP contribution in [0.3, 0.4) is 0 Å². The molecule has 23 heavy (non-hydrogen) atoms. The summed E-state index contributed by atoms with van der Waals surface area (Å²) < 4.78 is 38.0. The van der Waals surface area contributed by atoms with Gasteiger partial charge in [-0.1, -0.05) is 6.07 Å². The van der Waals surface area contributed by atoms with Crippen molar-refractivity contribution in [3.8, 4) is 5.75 Å². The Kier molecular flexibility index (Phi) is 3.48. The minimum absolute atomic E-state index is 0.0476. The number of hydrogen-bond acceptors (Lipinski definition) is 2. The highest BCUT2D eigenvalue weighted by Gasteiger charge is 2.32. The number of aromatic hydroxyl groups is 1. The van der Waals surface area contributed by atoms with Crippen LogP contribution in [0, 0.1) is 0 Å². The summed E-state index contributed by atoms with van der Waals surface area (Å²) in [6.07, 6.45) is -4.45. The molecule has 2 aromatic carbocycles. The number of nitrogens with one attached hydrogen (secondary N) is 2. The molecule has 3 aromatic rings. The molecule has 0 bridgehead atoms. The quantitative estimate of drug-likeness (QED) is 0.664. The van der Waals surface area contributed by atoms with Gasteiger partial charge in [0.25, 0.3) is 5.91 Å². The van der Waals surface area contributed by atoms with Gasteiger partial charge in [0, 0.05) is 22.2 Å². The van der Waals surface area contributed by atoms with Crippen LogP contribution < -0.4 is 5.32 Å². The first-order chi connectivity index (χ1) is 10.8. The number of H-pyrrole nitrogens is 1. The molecule has 0 aliphatic carbocycles. The van der Waals surface area contributed by atoms with Gasteiger partial charge in [0.15, 0.2) is 0 Å². The number of carbonyl (C=O) groups excluding carboxylic acids is 1. The smallest absolute Gasteiger partial charge is 0.431 e. The number of benzene rings is 2. The maximum absolute atomic E-state index is 12.7. The van der Waals surface area contributed by atoms with E-state index in [0.717, 1.165) is 6.07 Å². The standard InChI is InChI=1S/C16H11F3N2O2/c17-16(18,19)14-8-10-6-11(4-5-13(10)21-14)20-15(23)9-2-1-3-12(22)7-9/h1-8,21-22H,(H,20,23). The Labute approximate surface area is 128 Å². The van der Waals surface area contributed by atoms with Gasteiger partial charge in [0.05, 0.1) is 0 Å². The van der Waals surface area contributed by atoms with E-state index in [4.69, 9.17) is 0 Å². The zero-order valence-electron chi connectivity index (χ0n) is 11.6. The molecule has 0 saturated carbocycles. The fourth-order valence-corrected chi connectivity index (χ4v) is 2.21. The molecule has 0 atom stereocenters. The second-order valence-corrected chi connectivity index (χ2v) is 4.99. The Balaban J connectivity index is 1.87. The highest BCUT2D eigenvalue weighted by molar-refractivity contribution is 6.05. The normalized spacial score (nSPS) is 11.6. The Morgan fingerprint density at radius 3 is 2.57 bits per heavy atom. The topological polar surface area (TPSA) is 65.1 Å². The summed E-state index contributed by atoms with van der Waals surface area (Å²) in [4.78, 5) is 14.3. The summed E-state index contributed by atoms with van der Waals surface area (Å²) in [5.74, 6) is -0.514. The average Bonchev–Trinajstić information content (AvgIpc) is 2.90. The third kappa shape index (κ3) is 3.13. The van der Waals surface area contributed by atoms with Gasteiger partial charge in [-0.15, -0.1) is 0 Å². The average molecular weight is 320 g/mol. The van der Waals surface area contributed by atoms with E-state index in [0.29, 0.717) is 16.6 Å². The second kappa shape index (κ2) is 5.35. The van der Waals surface area contributed by atoms with Crippen LogP contribution in [0.15, 0.2) is 48.5 Å². The number of carbonyl (C=O) groups is 1. The Morgan fingerprint density at radius 1 is 1.09 bits per heavy atom. The van der Waals surface area contributed by atoms with Gasteiger partial charge in [-0.3, -0.25) is 4.79 Å². The van der Waals surface area contributed by atoms with Crippen LogP contribution in [0.1, 0.15) is 16.1 Å². The zero-order chi connectivity index (χ0) is 16.6. The number of alkyl halides is 3. The van der Waals surface area contributed by atoms with Crippen molar-refractivity contribution < 1.29 is 23.1 Å². The monoisotopic (exact) mass is 320 g/mol. The Bertz CT molecular complexity index is 884. The summed E-state index contributed by atoms with van der Waals surface area (Å²) in [7, 11) is 0. The predicted molar refractivity (Wildman–Crippen MR) is 79.4 cm³/mol. The van der Waals surface area contributed by atoms with Crippen LogP contribution in [-0.2, 0) is 6.18 Å². The van der Waals surface area contributed by atoms with Crippen molar-refractivity contribution in [3.05, 3.63) is 59.8 Å². The van der Waals surface area contributed by atoms with Crippen molar-refractivity contribution in [2.75, 3.05) is 5.32 Å². The largest absolute Gasteiger partial charge is 0.508 e. The molecule has 0 saturated heterocycles. The van der Waals surface area contributed by atoms with Crippen LogP contribution in [-0.4, -0.2) is 16.0 Å². The van der Waals surface area contributed by atoms with Crippen LogP contribution in [0.4, 0.5) is 18.9 Å². The molecule has 7 heteroatoms. The number of halogens is 3. The molecule has 0 spiro atoms. The maximum Gasteiger partial charge on any atom is 0.431 e. The highest BCUT2D eigenvalue weighted by atomic mass is 19.4. The van der Waals surface area contributed by atoms with E-state index in [1.165, 1.54) is 42.5 Å². The molecule has 118 valence electrons. The molecular weight excluding hydrogens is 309 g/mol. The number of fused-ring (bicyclic) bond motifs is 1. The molecule has 0 aliphatic heterocycles. The van der Waals surface area contributed by atoms with E-state index in [2.05, 4.69) is 10.3 Å². The first-order valence-electron chi connectivity index (χ1n) is 6.63. The molecule has 3 rings (SSSR count). The minimum Gasteiger partial charge on any atom is -0.508 e. The molecule has 1 amide bonds. The van der Waals surface area contributed by atoms with E-state index in [1.54, 1.807) is 0 Å². The molecular formula is C16H11F3N2O2. The summed E-state index contributed by atoms with van der Waals surface area (Å²) in [5, 5.41) is 12.3. The van der Waals surface area contributed by atoms with E-state index in [9.17, 15) is 23.1 Å². The fourth-order valence-electron chi connectivity index (χ4n) is 2.21. The zero-order valence-corrected chi connectivity index (χ0v) is 11.6. The van der Waals surface area contributed by atoms with Crippen molar-refractivity contribution in [3.63, 3.8) is 0 Å². The number of phenols is 1. The number of anilines is 1. The number of aromatic amines is 1. The van der Waals surface area contributed by atoms with Crippen LogP contribution in [0.25, 0.3) is 10.9 Å². The first-order valence-corrected chi connectivity index (χ1v) is 6.63. The predicted octanol–water partition coefficient (Wildman–Crippen LogP) is 4.14. The molecule has 0 fully saturated rings. The number of rotatable bonds is 2. The molecule has 4 nitrogen and oxygen atoms in total. The van der Waals surface area contributed by atoms with Crippen molar-refractivity contribution in [2.24, 2.45) is 0 Å². The summed E-state index contributed by atoms with van der Waals surface area (Å²) in [6.45, 7) is 0. The van der Waals surface area contributed by atoms with Gasteiger partial charge in [-0.25, -0.2) is 0 Å². The van der Waals surface area contributed by atoms with E-state index >= 15 is 0 Å². The number of amides is 1. The van der Waals surface area contributed by atoms with Gasteiger partial charge in [-0.05, 0) is 42.5 Å². The van der Waals surface area contributed by atoms with Crippen molar-refractivity contribution >= 4 is 22.5 Å². The summed E-state index contributed by atoms with van der Waals surface area (Å²) in [6, 6.07) is 11.2. The molecule has 1 aromatic heterocycles. The molecule has 0 aliphatic rings. The Hall–Kier alpha value is -2.96. The lowest BCUT2D eigenvalue weighted by molar-refractivity contribution is -0.140. The van der Waals surface area contributed by atoms with Crippen LogP contribution in [0.2, 0.25) is 0 Å². The fraction of sp³-hybridized carbons (Fsp3) is 0.0625. The van der Waals surface area contributed by atoms with Gasteiger partial charge in [-0.2, -0.15) is 13.2 Å². The maximum atomic E-state index is 12.7. The van der Waals surface area contributed by atoms with E-state index in [1.807, 2.05) is 0 Å². The van der Waals surface area contributed by atoms with E-state index in [-0.39, 0.29) is 11.3 Å².